The van der Waals surface area contributed by atoms with Crippen LogP contribution >= 0.6 is 22.9 Å². The van der Waals surface area contributed by atoms with E-state index in [1.165, 1.54) is 23.1 Å². The minimum atomic E-state index is 0.534. The largest absolute Gasteiger partial charge is 0.348 e. The molecule has 0 saturated carbocycles. The van der Waals surface area contributed by atoms with Crippen molar-refractivity contribution in [1.82, 2.24) is 9.88 Å². The van der Waals surface area contributed by atoms with Crippen molar-refractivity contribution in [3.63, 3.8) is 0 Å². The lowest BCUT2D eigenvalue weighted by molar-refractivity contribution is 0.122. The maximum absolute atomic E-state index is 6.12. The highest BCUT2D eigenvalue weighted by molar-refractivity contribution is 7.22. The van der Waals surface area contributed by atoms with Gasteiger partial charge in [-0.2, -0.15) is 0 Å². The molecule has 1 radical (unpaired) electrons. The molecule has 0 amide bonds. The van der Waals surface area contributed by atoms with Gasteiger partial charge in [-0.3, -0.25) is 4.90 Å². The number of piperidine rings is 1. The van der Waals surface area contributed by atoms with Crippen LogP contribution in [0.5, 0.6) is 0 Å². The third kappa shape index (κ3) is 4.29. The van der Waals surface area contributed by atoms with Gasteiger partial charge in [-0.15, -0.1) is 0 Å². The van der Waals surface area contributed by atoms with Crippen LogP contribution in [0.25, 0.3) is 10.2 Å². The quantitative estimate of drug-likeness (QED) is 0.555. The van der Waals surface area contributed by atoms with Crippen LogP contribution in [-0.2, 0) is 6.54 Å². The first-order valence-corrected chi connectivity index (χ1v) is 10.8. The van der Waals surface area contributed by atoms with Crippen LogP contribution in [-0.4, -0.2) is 35.1 Å². The van der Waals surface area contributed by atoms with E-state index in [2.05, 4.69) is 47.9 Å². The SMILES string of the molecule is CC(C)N(Cc1c[c]ccc1)C1CCN(c2nc3ccc(Cl)cc3s2)CC1. The Morgan fingerprint density at radius 2 is 2.11 bits per heavy atom. The van der Waals surface area contributed by atoms with Crippen molar-refractivity contribution in [1.29, 1.82) is 0 Å². The second kappa shape index (κ2) is 8.17. The van der Waals surface area contributed by atoms with Gasteiger partial charge in [0.05, 0.1) is 10.2 Å². The van der Waals surface area contributed by atoms with Gasteiger partial charge in [0, 0.05) is 36.7 Å². The van der Waals surface area contributed by atoms with Crippen LogP contribution in [0.15, 0.2) is 42.5 Å². The first kappa shape index (κ1) is 18.7. The zero-order chi connectivity index (χ0) is 18.8. The Morgan fingerprint density at radius 1 is 1.30 bits per heavy atom. The number of anilines is 1. The molecular weight excluding hydrogens is 374 g/mol. The summed E-state index contributed by atoms with van der Waals surface area (Å²) in [6.07, 6.45) is 2.34. The Morgan fingerprint density at radius 3 is 2.81 bits per heavy atom. The monoisotopic (exact) mass is 398 g/mol. The Balaban J connectivity index is 1.43. The summed E-state index contributed by atoms with van der Waals surface area (Å²) in [5.74, 6) is 0. The van der Waals surface area contributed by atoms with Gasteiger partial charge in [0.1, 0.15) is 0 Å². The Hall–Kier alpha value is -1.62. The molecule has 27 heavy (non-hydrogen) atoms. The zero-order valence-corrected chi connectivity index (χ0v) is 17.4. The second-order valence-corrected chi connectivity index (χ2v) is 8.95. The zero-order valence-electron chi connectivity index (χ0n) is 15.9. The van der Waals surface area contributed by atoms with E-state index in [-0.39, 0.29) is 0 Å². The smallest absolute Gasteiger partial charge is 0.186 e. The van der Waals surface area contributed by atoms with E-state index in [0.717, 1.165) is 35.3 Å². The van der Waals surface area contributed by atoms with Crippen molar-refractivity contribution in [2.75, 3.05) is 18.0 Å². The molecule has 3 nitrogen and oxygen atoms in total. The summed E-state index contributed by atoms with van der Waals surface area (Å²) in [6.45, 7) is 7.72. The van der Waals surface area contributed by atoms with Crippen LogP contribution < -0.4 is 4.90 Å². The molecule has 1 fully saturated rings. The number of hydrogen-bond donors (Lipinski definition) is 0. The highest BCUT2D eigenvalue weighted by Crippen LogP contribution is 2.33. The first-order chi connectivity index (χ1) is 13.1. The first-order valence-electron chi connectivity index (χ1n) is 9.62. The molecule has 0 N–H and O–H groups in total. The second-order valence-electron chi connectivity index (χ2n) is 7.50. The van der Waals surface area contributed by atoms with Gasteiger partial charge in [-0.1, -0.05) is 41.1 Å². The van der Waals surface area contributed by atoms with Crippen LogP contribution in [0.4, 0.5) is 5.13 Å². The molecule has 1 aromatic heterocycles. The fourth-order valence-electron chi connectivity index (χ4n) is 3.88. The van der Waals surface area contributed by atoms with Gasteiger partial charge in [0.25, 0.3) is 0 Å². The van der Waals surface area contributed by atoms with E-state index in [4.69, 9.17) is 16.6 Å². The van der Waals surface area contributed by atoms with Crippen LogP contribution in [0, 0.1) is 6.07 Å². The molecule has 0 unspecified atom stereocenters. The highest BCUT2D eigenvalue weighted by Gasteiger charge is 2.27. The van der Waals surface area contributed by atoms with Gasteiger partial charge < -0.3 is 4.90 Å². The molecule has 2 aromatic carbocycles. The van der Waals surface area contributed by atoms with Crippen molar-refractivity contribution in [3.8, 4) is 0 Å². The lowest BCUT2D eigenvalue weighted by atomic mass is 10.0. The highest BCUT2D eigenvalue weighted by atomic mass is 35.5. The molecule has 0 aliphatic carbocycles. The molecule has 4 rings (SSSR count). The average Bonchev–Trinajstić information content (AvgIpc) is 3.10. The number of halogens is 1. The lowest BCUT2D eigenvalue weighted by Crippen LogP contribution is -2.47. The molecule has 3 aromatic rings. The molecular formula is C22H25ClN3S. The van der Waals surface area contributed by atoms with E-state index in [1.807, 2.05) is 24.3 Å². The standard InChI is InChI=1S/C22H25ClN3S/c1-16(2)26(15-17-6-4-3-5-7-17)19-10-12-25(13-11-19)22-24-20-9-8-18(23)14-21(20)27-22/h3-4,6-9,14,16,19H,10-13,15H2,1-2H3. The van der Waals surface area contributed by atoms with Crippen molar-refractivity contribution in [3.05, 3.63) is 59.1 Å². The average molecular weight is 399 g/mol. The third-order valence-corrected chi connectivity index (χ3v) is 6.66. The van der Waals surface area contributed by atoms with Crippen LogP contribution in [0.1, 0.15) is 32.3 Å². The summed E-state index contributed by atoms with van der Waals surface area (Å²) in [4.78, 5) is 9.89. The van der Waals surface area contributed by atoms with Gasteiger partial charge in [-0.05, 0) is 62.6 Å². The van der Waals surface area contributed by atoms with E-state index in [1.54, 1.807) is 11.3 Å². The Kier molecular flexibility index (Phi) is 5.67. The molecule has 0 bridgehead atoms. The fraction of sp³-hybridized carbons (Fsp3) is 0.409. The number of aromatic nitrogens is 1. The normalized spacial score (nSPS) is 16.0. The number of fused-ring (bicyclic) bond motifs is 1. The maximum atomic E-state index is 6.12. The Bertz CT molecular complexity index is 885. The van der Waals surface area contributed by atoms with E-state index >= 15 is 0 Å². The minimum Gasteiger partial charge on any atom is -0.348 e. The van der Waals surface area contributed by atoms with E-state index < -0.39 is 0 Å². The Labute approximate surface area is 170 Å². The van der Waals surface area contributed by atoms with Crippen molar-refractivity contribution < 1.29 is 0 Å². The molecule has 1 aliphatic rings. The molecule has 2 heterocycles. The van der Waals surface area contributed by atoms with Crippen molar-refractivity contribution in [2.45, 2.75) is 45.3 Å². The number of benzene rings is 2. The predicted molar refractivity (Wildman–Crippen MR) is 116 cm³/mol. The fourth-order valence-corrected chi connectivity index (χ4v) is 5.18. The van der Waals surface area contributed by atoms with Crippen molar-refractivity contribution >= 4 is 38.3 Å². The van der Waals surface area contributed by atoms with Gasteiger partial charge in [-0.25, -0.2) is 4.98 Å². The van der Waals surface area contributed by atoms with Crippen LogP contribution in [0.3, 0.4) is 0 Å². The van der Waals surface area contributed by atoms with E-state index in [0.29, 0.717) is 12.1 Å². The van der Waals surface area contributed by atoms with Gasteiger partial charge in [0.2, 0.25) is 0 Å². The molecule has 0 spiro atoms. The number of rotatable bonds is 5. The summed E-state index contributed by atoms with van der Waals surface area (Å²) < 4.78 is 1.17. The maximum Gasteiger partial charge on any atom is 0.186 e. The molecule has 1 saturated heterocycles. The lowest BCUT2D eigenvalue weighted by Gasteiger charge is -2.40. The summed E-state index contributed by atoms with van der Waals surface area (Å²) in [6, 6.07) is 18.7. The summed E-state index contributed by atoms with van der Waals surface area (Å²) in [5, 5.41) is 1.90. The van der Waals surface area contributed by atoms with E-state index in [9.17, 15) is 0 Å². The minimum absolute atomic E-state index is 0.534. The van der Waals surface area contributed by atoms with Crippen molar-refractivity contribution in [2.24, 2.45) is 0 Å². The van der Waals surface area contributed by atoms with Gasteiger partial charge in [0.15, 0.2) is 5.13 Å². The van der Waals surface area contributed by atoms with Crippen LogP contribution in [0.2, 0.25) is 5.02 Å². The number of hydrogen-bond acceptors (Lipinski definition) is 4. The summed E-state index contributed by atoms with van der Waals surface area (Å²) >= 11 is 7.87. The molecule has 141 valence electrons. The van der Waals surface area contributed by atoms with Gasteiger partial charge >= 0.3 is 0 Å². The molecule has 0 atom stereocenters. The third-order valence-electron chi connectivity index (χ3n) is 5.34. The topological polar surface area (TPSA) is 19.4 Å². The number of nitrogens with zero attached hydrogens (tertiary/aromatic N) is 3. The number of thiazole rings is 1. The molecule has 1 aliphatic heterocycles. The summed E-state index contributed by atoms with van der Waals surface area (Å²) in [5.41, 5.74) is 2.39. The summed E-state index contributed by atoms with van der Waals surface area (Å²) in [7, 11) is 0. The molecule has 5 heteroatoms. The predicted octanol–water partition coefficient (Wildman–Crippen LogP) is 5.63.